The molecule has 1 heterocycles. The van der Waals surface area contributed by atoms with Crippen LogP contribution >= 0.6 is 24.0 Å². The Bertz CT molecular complexity index is 566. The molecule has 0 unspecified atom stereocenters. The van der Waals surface area contributed by atoms with E-state index in [0.29, 0.717) is 5.92 Å². The molecule has 124 valence electrons. The summed E-state index contributed by atoms with van der Waals surface area (Å²) in [7, 11) is 0. The summed E-state index contributed by atoms with van der Waals surface area (Å²) in [6.07, 6.45) is 2.42. The largest absolute Gasteiger partial charge is 0.493 e. The summed E-state index contributed by atoms with van der Waals surface area (Å²) in [4.78, 5) is 2.54. The van der Waals surface area contributed by atoms with E-state index in [1.807, 2.05) is 24.3 Å². The first-order chi connectivity index (χ1) is 10.8. The fraction of sp³-hybridized carbons (Fsp3) is 0.368. The number of halogens is 2. The zero-order chi connectivity index (χ0) is 15.2. The molecule has 1 aliphatic heterocycles. The van der Waals surface area contributed by atoms with Crippen molar-refractivity contribution in [3.05, 3.63) is 65.2 Å². The van der Waals surface area contributed by atoms with Crippen LogP contribution in [0.2, 0.25) is 5.02 Å². The molecule has 0 aliphatic carbocycles. The van der Waals surface area contributed by atoms with Crippen molar-refractivity contribution < 1.29 is 4.74 Å². The molecule has 23 heavy (non-hydrogen) atoms. The highest BCUT2D eigenvalue weighted by molar-refractivity contribution is 6.30. The summed E-state index contributed by atoms with van der Waals surface area (Å²) in [5.74, 6) is 1.57. The Morgan fingerprint density at radius 1 is 0.957 bits per heavy atom. The molecule has 0 bridgehead atoms. The first-order valence-corrected chi connectivity index (χ1v) is 8.32. The summed E-state index contributed by atoms with van der Waals surface area (Å²) in [6, 6.07) is 18.3. The van der Waals surface area contributed by atoms with Gasteiger partial charge in [-0.25, -0.2) is 0 Å². The second-order valence-electron chi connectivity index (χ2n) is 5.97. The van der Waals surface area contributed by atoms with Crippen molar-refractivity contribution in [2.75, 3.05) is 19.7 Å². The van der Waals surface area contributed by atoms with Crippen molar-refractivity contribution in [1.82, 2.24) is 4.90 Å². The van der Waals surface area contributed by atoms with E-state index in [9.17, 15) is 0 Å². The number of hydrogen-bond acceptors (Lipinski definition) is 2. The minimum Gasteiger partial charge on any atom is -0.493 e. The second-order valence-corrected chi connectivity index (χ2v) is 6.41. The SMILES string of the molecule is Cl.Clc1ccc(OCC2CCN(Cc3ccccc3)CC2)cc1. The molecule has 3 rings (SSSR count). The fourth-order valence-corrected chi connectivity index (χ4v) is 3.02. The monoisotopic (exact) mass is 351 g/mol. The van der Waals surface area contributed by atoms with Gasteiger partial charge in [-0.3, -0.25) is 4.90 Å². The zero-order valence-electron chi connectivity index (χ0n) is 13.2. The molecule has 4 heteroatoms. The van der Waals surface area contributed by atoms with Gasteiger partial charge < -0.3 is 4.74 Å². The fourth-order valence-electron chi connectivity index (χ4n) is 2.90. The lowest BCUT2D eigenvalue weighted by atomic mass is 9.97. The number of piperidine rings is 1. The Hall–Kier alpha value is -1.22. The summed E-state index contributed by atoms with van der Waals surface area (Å²) < 4.78 is 5.88. The molecular weight excluding hydrogens is 329 g/mol. The van der Waals surface area contributed by atoms with E-state index in [1.165, 1.54) is 18.4 Å². The van der Waals surface area contributed by atoms with Gasteiger partial charge in [-0.15, -0.1) is 12.4 Å². The highest BCUT2D eigenvalue weighted by Gasteiger charge is 2.19. The van der Waals surface area contributed by atoms with Crippen molar-refractivity contribution in [1.29, 1.82) is 0 Å². The third-order valence-corrected chi connectivity index (χ3v) is 4.51. The summed E-state index contributed by atoms with van der Waals surface area (Å²) in [6.45, 7) is 4.18. The van der Waals surface area contributed by atoms with E-state index in [0.717, 1.165) is 37.0 Å². The van der Waals surface area contributed by atoms with Gasteiger partial charge >= 0.3 is 0 Å². The number of hydrogen-bond donors (Lipinski definition) is 0. The lowest BCUT2D eigenvalue weighted by Crippen LogP contribution is -2.35. The molecule has 2 nitrogen and oxygen atoms in total. The summed E-state index contributed by atoms with van der Waals surface area (Å²) in [5, 5.41) is 0.751. The topological polar surface area (TPSA) is 12.5 Å². The zero-order valence-corrected chi connectivity index (χ0v) is 14.7. The third-order valence-electron chi connectivity index (χ3n) is 4.26. The highest BCUT2D eigenvalue weighted by atomic mass is 35.5. The van der Waals surface area contributed by atoms with E-state index in [4.69, 9.17) is 16.3 Å². The molecule has 0 atom stereocenters. The number of ether oxygens (including phenoxy) is 1. The lowest BCUT2D eigenvalue weighted by molar-refractivity contribution is 0.137. The van der Waals surface area contributed by atoms with E-state index in [2.05, 4.69) is 35.2 Å². The molecule has 0 aromatic heterocycles. The molecule has 0 saturated carbocycles. The van der Waals surface area contributed by atoms with Gasteiger partial charge in [0.05, 0.1) is 6.61 Å². The van der Waals surface area contributed by atoms with Gasteiger partial charge in [0.2, 0.25) is 0 Å². The van der Waals surface area contributed by atoms with Crippen molar-refractivity contribution in [3.8, 4) is 5.75 Å². The summed E-state index contributed by atoms with van der Waals surface area (Å²) >= 11 is 5.88. The highest BCUT2D eigenvalue weighted by Crippen LogP contribution is 2.21. The molecule has 1 aliphatic rings. The van der Waals surface area contributed by atoms with Crippen molar-refractivity contribution in [3.63, 3.8) is 0 Å². The molecule has 2 aromatic rings. The van der Waals surface area contributed by atoms with Crippen LogP contribution in [0.3, 0.4) is 0 Å². The maximum absolute atomic E-state index is 5.88. The van der Waals surface area contributed by atoms with Gasteiger partial charge in [0.25, 0.3) is 0 Å². The van der Waals surface area contributed by atoms with Crippen LogP contribution in [0.5, 0.6) is 5.75 Å². The van der Waals surface area contributed by atoms with Crippen molar-refractivity contribution >= 4 is 24.0 Å². The van der Waals surface area contributed by atoms with E-state index in [-0.39, 0.29) is 12.4 Å². The number of likely N-dealkylation sites (tertiary alicyclic amines) is 1. The Morgan fingerprint density at radius 2 is 1.61 bits per heavy atom. The smallest absolute Gasteiger partial charge is 0.119 e. The molecule has 0 N–H and O–H groups in total. The van der Waals surface area contributed by atoms with Crippen LogP contribution in [0.4, 0.5) is 0 Å². The quantitative estimate of drug-likeness (QED) is 0.746. The maximum Gasteiger partial charge on any atom is 0.119 e. The maximum atomic E-state index is 5.88. The van der Waals surface area contributed by atoms with Gasteiger partial charge in [-0.1, -0.05) is 41.9 Å². The first kappa shape index (κ1) is 18.1. The Labute approximate surface area is 149 Å². The summed E-state index contributed by atoms with van der Waals surface area (Å²) in [5.41, 5.74) is 1.40. The van der Waals surface area contributed by atoms with E-state index < -0.39 is 0 Å². The average molecular weight is 352 g/mol. The van der Waals surface area contributed by atoms with Crippen LogP contribution in [0.25, 0.3) is 0 Å². The molecule has 1 fully saturated rings. The molecule has 2 aromatic carbocycles. The molecular formula is C19H23Cl2NO. The number of benzene rings is 2. The van der Waals surface area contributed by atoms with Gasteiger partial charge in [0, 0.05) is 11.6 Å². The van der Waals surface area contributed by atoms with Gasteiger partial charge in [0.15, 0.2) is 0 Å². The Kier molecular flexibility index (Phi) is 7.22. The van der Waals surface area contributed by atoms with E-state index in [1.54, 1.807) is 0 Å². The lowest BCUT2D eigenvalue weighted by Gasteiger charge is -2.31. The Morgan fingerprint density at radius 3 is 2.26 bits per heavy atom. The predicted octanol–water partition coefficient (Wildman–Crippen LogP) is 5.05. The van der Waals surface area contributed by atoms with Crippen LogP contribution < -0.4 is 4.74 Å². The molecule has 0 radical (unpaired) electrons. The first-order valence-electron chi connectivity index (χ1n) is 7.94. The Balaban J connectivity index is 0.00000192. The number of nitrogens with zero attached hydrogens (tertiary/aromatic N) is 1. The van der Waals surface area contributed by atoms with Crippen molar-refractivity contribution in [2.24, 2.45) is 5.92 Å². The van der Waals surface area contributed by atoms with E-state index >= 15 is 0 Å². The average Bonchev–Trinajstić information content (AvgIpc) is 2.57. The standard InChI is InChI=1S/C19H22ClNO.ClH/c20-18-6-8-19(9-7-18)22-15-17-10-12-21(13-11-17)14-16-4-2-1-3-5-16;/h1-9,17H,10-15H2;1H. The van der Waals surface area contributed by atoms with Gasteiger partial charge in [-0.2, -0.15) is 0 Å². The van der Waals surface area contributed by atoms with Crippen LogP contribution in [-0.4, -0.2) is 24.6 Å². The van der Waals surface area contributed by atoms with Crippen LogP contribution in [0.15, 0.2) is 54.6 Å². The molecule has 0 spiro atoms. The minimum atomic E-state index is 0. The second kappa shape index (κ2) is 9.17. The predicted molar refractivity (Wildman–Crippen MR) is 98.6 cm³/mol. The molecule has 0 amide bonds. The minimum absolute atomic E-state index is 0. The normalized spacial score (nSPS) is 15.9. The van der Waals surface area contributed by atoms with Gasteiger partial charge in [0.1, 0.15) is 5.75 Å². The number of rotatable bonds is 5. The van der Waals surface area contributed by atoms with Gasteiger partial charge in [-0.05, 0) is 61.7 Å². The third kappa shape index (κ3) is 5.72. The van der Waals surface area contributed by atoms with Crippen LogP contribution in [0, 0.1) is 5.92 Å². The van der Waals surface area contributed by atoms with Crippen molar-refractivity contribution in [2.45, 2.75) is 19.4 Å². The molecule has 1 saturated heterocycles. The van der Waals surface area contributed by atoms with Crippen LogP contribution in [0.1, 0.15) is 18.4 Å². The van der Waals surface area contributed by atoms with Crippen LogP contribution in [-0.2, 0) is 6.54 Å².